The smallest absolute Gasteiger partial charge is 0.122 e. The minimum absolute atomic E-state index is 0.355. The van der Waals surface area contributed by atoms with Gasteiger partial charge in [0, 0.05) is 37.3 Å². The Hall–Kier alpha value is -1.06. The van der Waals surface area contributed by atoms with Crippen molar-refractivity contribution >= 4 is 0 Å². The van der Waals surface area contributed by atoms with E-state index in [9.17, 15) is 0 Å². The molecule has 0 saturated carbocycles. The van der Waals surface area contributed by atoms with Crippen LogP contribution in [0.15, 0.2) is 24.3 Å². The van der Waals surface area contributed by atoms with Crippen LogP contribution >= 0.6 is 0 Å². The Morgan fingerprint density at radius 3 is 2.76 bits per heavy atom. The van der Waals surface area contributed by atoms with Crippen LogP contribution in [0, 0.1) is 5.41 Å². The number of benzene rings is 1. The van der Waals surface area contributed by atoms with Crippen molar-refractivity contribution in [2.24, 2.45) is 5.41 Å². The van der Waals surface area contributed by atoms with Crippen LogP contribution < -0.4 is 10.1 Å². The molecule has 2 heterocycles. The highest BCUT2D eigenvalue weighted by Crippen LogP contribution is 2.44. The zero-order chi connectivity index (χ0) is 14.7. The topological polar surface area (TPSA) is 30.5 Å². The van der Waals surface area contributed by atoms with Gasteiger partial charge in [-0.1, -0.05) is 32.0 Å². The molecule has 3 heteroatoms. The average Bonchev–Trinajstić information content (AvgIpc) is 2.90. The molecule has 1 N–H and O–H groups in total. The summed E-state index contributed by atoms with van der Waals surface area (Å²) in [5, 5.41) is 3.66. The Bertz CT molecular complexity index is 466. The van der Waals surface area contributed by atoms with Gasteiger partial charge in [0.1, 0.15) is 5.75 Å². The molecular weight excluding hydrogens is 262 g/mol. The number of hydrogen-bond donors (Lipinski definition) is 1. The Kier molecular flexibility index (Phi) is 4.51. The van der Waals surface area contributed by atoms with Crippen molar-refractivity contribution in [3.05, 3.63) is 29.8 Å². The number of nitrogens with one attached hydrogen (secondary N) is 1. The van der Waals surface area contributed by atoms with Crippen molar-refractivity contribution < 1.29 is 9.47 Å². The first-order chi connectivity index (χ1) is 10.2. The molecule has 1 saturated heterocycles. The fourth-order valence-corrected chi connectivity index (χ4v) is 3.60. The number of rotatable bonds is 5. The fraction of sp³-hybridized carbons (Fsp3) is 0.667. The van der Waals surface area contributed by atoms with Gasteiger partial charge in [-0.05, 0) is 30.7 Å². The van der Waals surface area contributed by atoms with Gasteiger partial charge in [0.05, 0.1) is 6.61 Å². The van der Waals surface area contributed by atoms with E-state index in [4.69, 9.17) is 9.47 Å². The summed E-state index contributed by atoms with van der Waals surface area (Å²) in [7, 11) is 0. The van der Waals surface area contributed by atoms with Gasteiger partial charge in [0.15, 0.2) is 0 Å². The van der Waals surface area contributed by atoms with Gasteiger partial charge >= 0.3 is 0 Å². The average molecular weight is 289 g/mol. The lowest BCUT2D eigenvalue weighted by atomic mass is 9.72. The molecule has 1 fully saturated rings. The number of hydrogen-bond acceptors (Lipinski definition) is 3. The van der Waals surface area contributed by atoms with Crippen molar-refractivity contribution in [3.63, 3.8) is 0 Å². The maximum absolute atomic E-state index is 5.87. The van der Waals surface area contributed by atoms with Gasteiger partial charge in [0.25, 0.3) is 0 Å². The van der Waals surface area contributed by atoms with Crippen LogP contribution in [0.2, 0.25) is 0 Å². The first-order valence-electron chi connectivity index (χ1n) is 8.21. The quantitative estimate of drug-likeness (QED) is 0.901. The first kappa shape index (κ1) is 14.9. The lowest BCUT2D eigenvalue weighted by molar-refractivity contribution is 0.00505. The molecule has 3 nitrogen and oxygen atoms in total. The summed E-state index contributed by atoms with van der Waals surface area (Å²) in [6, 6.07) is 9.06. The molecule has 0 amide bonds. The highest BCUT2D eigenvalue weighted by Gasteiger charge is 2.37. The van der Waals surface area contributed by atoms with Gasteiger partial charge < -0.3 is 14.8 Å². The molecule has 3 rings (SSSR count). The lowest BCUT2D eigenvalue weighted by Crippen LogP contribution is -2.42. The van der Waals surface area contributed by atoms with Crippen molar-refractivity contribution in [1.82, 2.24) is 5.32 Å². The van der Waals surface area contributed by atoms with E-state index in [1.165, 1.54) is 12.0 Å². The molecule has 1 aromatic rings. The summed E-state index contributed by atoms with van der Waals surface area (Å²) in [6.07, 6.45) is 3.52. The van der Waals surface area contributed by atoms with E-state index in [2.05, 4.69) is 43.4 Å². The highest BCUT2D eigenvalue weighted by atomic mass is 16.5. The van der Waals surface area contributed by atoms with Crippen LogP contribution in [0.5, 0.6) is 5.75 Å². The predicted molar refractivity (Wildman–Crippen MR) is 84.9 cm³/mol. The number of ether oxygens (including phenoxy) is 2. The van der Waals surface area contributed by atoms with E-state index in [1.54, 1.807) is 0 Å². The van der Waals surface area contributed by atoms with E-state index in [0.29, 0.717) is 17.4 Å². The minimum Gasteiger partial charge on any atom is -0.493 e. The van der Waals surface area contributed by atoms with Crippen molar-refractivity contribution in [1.29, 1.82) is 0 Å². The normalized spacial score (nSPS) is 23.9. The Morgan fingerprint density at radius 2 is 2.00 bits per heavy atom. The minimum atomic E-state index is 0.355. The molecular formula is C18H27NO2. The Balaban J connectivity index is 1.73. The van der Waals surface area contributed by atoms with Crippen LogP contribution in [-0.2, 0) is 4.74 Å². The second kappa shape index (κ2) is 6.37. The summed E-state index contributed by atoms with van der Waals surface area (Å²) in [5.41, 5.74) is 1.75. The SMILES string of the molecule is CC(C)NCC1(CC2COc3ccccc32)CCOCC1. The van der Waals surface area contributed by atoms with Gasteiger partial charge in [-0.2, -0.15) is 0 Å². The number of fused-ring (bicyclic) bond motifs is 1. The fourth-order valence-electron chi connectivity index (χ4n) is 3.60. The summed E-state index contributed by atoms with van der Waals surface area (Å²) in [4.78, 5) is 0. The molecule has 1 unspecified atom stereocenters. The predicted octanol–water partition coefficient (Wildman–Crippen LogP) is 3.35. The van der Waals surface area contributed by atoms with Gasteiger partial charge in [-0.3, -0.25) is 0 Å². The van der Waals surface area contributed by atoms with E-state index in [1.807, 2.05) is 0 Å². The zero-order valence-corrected chi connectivity index (χ0v) is 13.2. The molecule has 2 aliphatic rings. The van der Waals surface area contributed by atoms with Crippen LogP contribution in [0.1, 0.15) is 44.6 Å². The van der Waals surface area contributed by atoms with Crippen LogP contribution in [0.25, 0.3) is 0 Å². The monoisotopic (exact) mass is 289 g/mol. The second-order valence-electron chi connectivity index (χ2n) is 6.90. The van der Waals surface area contributed by atoms with Crippen LogP contribution in [0.4, 0.5) is 0 Å². The summed E-state index contributed by atoms with van der Waals surface area (Å²) in [5.74, 6) is 1.62. The van der Waals surface area contributed by atoms with E-state index >= 15 is 0 Å². The first-order valence-corrected chi connectivity index (χ1v) is 8.21. The Morgan fingerprint density at radius 1 is 1.24 bits per heavy atom. The second-order valence-corrected chi connectivity index (χ2v) is 6.90. The molecule has 116 valence electrons. The van der Waals surface area contributed by atoms with Crippen molar-refractivity contribution in [2.75, 3.05) is 26.4 Å². The maximum atomic E-state index is 5.87. The third kappa shape index (κ3) is 3.41. The molecule has 0 radical (unpaired) electrons. The summed E-state index contributed by atoms with van der Waals surface area (Å²) < 4.78 is 11.5. The molecule has 0 bridgehead atoms. The molecule has 2 aliphatic heterocycles. The van der Waals surface area contributed by atoms with Crippen LogP contribution in [-0.4, -0.2) is 32.4 Å². The van der Waals surface area contributed by atoms with E-state index in [-0.39, 0.29) is 0 Å². The summed E-state index contributed by atoms with van der Waals surface area (Å²) in [6.45, 7) is 8.17. The van der Waals surface area contributed by atoms with Gasteiger partial charge in [-0.15, -0.1) is 0 Å². The van der Waals surface area contributed by atoms with Crippen molar-refractivity contribution in [2.45, 2.75) is 45.1 Å². The lowest BCUT2D eigenvalue weighted by Gasteiger charge is -2.39. The standard InChI is InChI=1S/C18H27NO2/c1-14(2)19-13-18(7-9-20-10-8-18)11-15-12-21-17-6-4-3-5-16(15)17/h3-6,14-15,19H,7-13H2,1-2H3. The van der Waals surface area contributed by atoms with Crippen LogP contribution in [0.3, 0.4) is 0 Å². The van der Waals surface area contributed by atoms with Gasteiger partial charge in [0.2, 0.25) is 0 Å². The molecule has 1 atom stereocenters. The third-order valence-corrected chi connectivity index (χ3v) is 4.92. The maximum Gasteiger partial charge on any atom is 0.122 e. The summed E-state index contributed by atoms with van der Waals surface area (Å²) >= 11 is 0. The molecule has 0 aromatic heterocycles. The van der Waals surface area contributed by atoms with Gasteiger partial charge in [-0.25, -0.2) is 0 Å². The van der Waals surface area contributed by atoms with E-state index < -0.39 is 0 Å². The van der Waals surface area contributed by atoms with E-state index in [0.717, 1.165) is 45.0 Å². The highest BCUT2D eigenvalue weighted by molar-refractivity contribution is 5.39. The Labute approximate surface area is 128 Å². The zero-order valence-electron chi connectivity index (χ0n) is 13.2. The molecule has 0 aliphatic carbocycles. The molecule has 21 heavy (non-hydrogen) atoms. The molecule has 1 aromatic carbocycles. The third-order valence-electron chi connectivity index (χ3n) is 4.92. The number of para-hydroxylation sites is 1. The largest absolute Gasteiger partial charge is 0.493 e. The molecule has 0 spiro atoms. The van der Waals surface area contributed by atoms with Crippen molar-refractivity contribution in [3.8, 4) is 5.75 Å².